The topological polar surface area (TPSA) is 12.0 Å². The molecule has 4 rings (SSSR count). The maximum absolute atomic E-state index is 3.94. The molecular formula is C21H23N. The van der Waals surface area contributed by atoms with Gasteiger partial charge >= 0.3 is 0 Å². The van der Waals surface area contributed by atoms with Crippen molar-refractivity contribution in [3.8, 4) is 0 Å². The third-order valence-corrected chi connectivity index (χ3v) is 5.45. The smallest absolute Gasteiger partial charge is 0.0661 e. The first-order valence-corrected chi connectivity index (χ1v) is 8.38. The van der Waals surface area contributed by atoms with Gasteiger partial charge in [0.05, 0.1) is 5.54 Å². The van der Waals surface area contributed by atoms with Gasteiger partial charge in [0, 0.05) is 5.69 Å². The number of para-hydroxylation sites is 1. The lowest BCUT2D eigenvalue weighted by atomic mass is 9.81. The van der Waals surface area contributed by atoms with Gasteiger partial charge in [-0.15, -0.1) is 0 Å². The molecule has 1 nitrogen and oxygen atoms in total. The Labute approximate surface area is 133 Å². The van der Waals surface area contributed by atoms with Gasteiger partial charge in [0.25, 0.3) is 0 Å². The van der Waals surface area contributed by atoms with Crippen LogP contribution in [0.5, 0.6) is 0 Å². The number of fused-ring (bicyclic) bond motifs is 1. The fourth-order valence-corrected chi connectivity index (χ4v) is 4.65. The monoisotopic (exact) mass is 289 g/mol. The molecule has 0 bridgehead atoms. The molecule has 0 unspecified atom stereocenters. The first-order chi connectivity index (χ1) is 10.8. The third-order valence-electron chi connectivity index (χ3n) is 5.45. The molecule has 0 radical (unpaired) electrons. The van der Waals surface area contributed by atoms with E-state index in [1.165, 1.54) is 36.9 Å². The standard InChI is InChI=1S/C21H23N/c1-16-15-18-11-8-14-21(18,22-19-12-6-3-7-13-19)20(16)17-9-4-2-5-10-17/h2-7,9-10,12-13,18,22H,8,11,14-15H2,1H3/t18-,21+/m1/s1. The highest BCUT2D eigenvalue weighted by Gasteiger charge is 2.50. The summed E-state index contributed by atoms with van der Waals surface area (Å²) in [4.78, 5) is 0. The quantitative estimate of drug-likeness (QED) is 0.785. The summed E-state index contributed by atoms with van der Waals surface area (Å²) in [6.07, 6.45) is 5.15. The maximum Gasteiger partial charge on any atom is 0.0661 e. The van der Waals surface area contributed by atoms with E-state index in [2.05, 4.69) is 72.9 Å². The third kappa shape index (κ3) is 2.08. The molecule has 2 aliphatic carbocycles. The Morgan fingerprint density at radius 2 is 1.64 bits per heavy atom. The van der Waals surface area contributed by atoms with Gasteiger partial charge in [0.15, 0.2) is 0 Å². The fourth-order valence-electron chi connectivity index (χ4n) is 4.65. The van der Waals surface area contributed by atoms with E-state index in [9.17, 15) is 0 Å². The van der Waals surface area contributed by atoms with Crippen LogP contribution in [0.3, 0.4) is 0 Å². The molecule has 0 heterocycles. The Kier molecular flexibility index (Phi) is 3.29. The zero-order valence-corrected chi connectivity index (χ0v) is 13.2. The molecule has 0 spiro atoms. The van der Waals surface area contributed by atoms with Crippen molar-refractivity contribution in [2.75, 3.05) is 5.32 Å². The molecule has 2 aliphatic rings. The lowest BCUT2D eigenvalue weighted by Crippen LogP contribution is -2.40. The minimum absolute atomic E-state index is 0.132. The van der Waals surface area contributed by atoms with Crippen LogP contribution in [0.15, 0.2) is 66.2 Å². The Balaban J connectivity index is 1.79. The number of allylic oxidation sites excluding steroid dienone is 1. The van der Waals surface area contributed by atoms with Gasteiger partial charge in [0.1, 0.15) is 0 Å². The van der Waals surface area contributed by atoms with Crippen LogP contribution in [0.1, 0.15) is 38.2 Å². The van der Waals surface area contributed by atoms with E-state index >= 15 is 0 Å². The van der Waals surface area contributed by atoms with Gasteiger partial charge in [0.2, 0.25) is 0 Å². The van der Waals surface area contributed by atoms with Crippen LogP contribution >= 0.6 is 0 Å². The molecule has 2 aromatic carbocycles. The molecule has 0 aromatic heterocycles. The zero-order chi connectivity index (χ0) is 15.0. The molecule has 1 heteroatoms. The molecule has 0 amide bonds. The van der Waals surface area contributed by atoms with E-state index in [4.69, 9.17) is 0 Å². The van der Waals surface area contributed by atoms with Crippen molar-refractivity contribution < 1.29 is 0 Å². The van der Waals surface area contributed by atoms with E-state index in [0.29, 0.717) is 0 Å². The Morgan fingerprint density at radius 3 is 2.36 bits per heavy atom. The molecule has 2 aromatic rings. The van der Waals surface area contributed by atoms with Crippen molar-refractivity contribution in [1.82, 2.24) is 0 Å². The number of anilines is 1. The second-order valence-electron chi connectivity index (χ2n) is 6.78. The van der Waals surface area contributed by atoms with Crippen LogP contribution in [0.4, 0.5) is 5.69 Å². The first kappa shape index (κ1) is 13.6. The second-order valence-corrected chi connectivity index (χ2v) is 6.78. The predicted octanol–water partition coefficient (Wildman–Crippen LogP) is 5.51. The summed E-state index contributed by atoms with van der Waals surface area (Å²) in [6.45, 7) is 2.33. The largest absolute Gasteiger partial charge is 0.375 e. The molecule has 22 heavy (non-hydrogen) atoms. The average Bonchev–Trinajstić information content (AvgIpc) is 3.03. The molecule has 1 fully saturated rings. The summed E-state index contributed by atoms with van der Waals surface area (Å²) in [7, 11) is 0. The van der Waals surface area contributed by atoms with Gasteiger partial charge < -0.3 is 5.32 Å². The fraction of sp³-hybridized carbons (Fsp3) is 0.333. The van der Waals surface area contributed by atoms with Crippen molar-refractivity contribution in [2.45, 2.75) is 38.1 Å². The van der Waals surface area contributed by atoms with Crippen LogP contribution in [0, 0.1) is 5.92 Å². The van der Waals surface area contributed by atoms with Gasteiger partial charge in [-0.25, -0.2) is 0 Å². The molecular weight excluding hydrogens is 266 g/mol. The van der Waals surface area contributed by atoms with E-state index in [1.807, 2.05) is 0 Å². The van der Waals surface area contributed by atoms with Gasteiger partial charge in [-0.3, -0.25) is 0 Å². The minimum Gasteiger partial charge on any atom is -0.375 e. The summed E-state index contributed by atoms with van der Waals surface area (Å²) in [6, 6.07) is 21.7. The SMILES string of the molecule is CC1=C(c2ccccc2)[C@]2(Nc3ccccc3)CCC[C@@H]2C1. The highest BCUT2D eigenvalue weighted by atomic mass is 15.0. The Hall–Kier alpha value is -2.02. The average molecular weight is 289 g/mol. The Morgan fingerprint density at radius 1 is 0.955 bits per heavy atom. The lowest BCUT2D eigenvalue weighted by molar-refractivity contribution is 0.456. The normalized spacial score (nSPS) is 27.0. The van der Waals surface area contributed by atoms with Crippen molar-refractivity contribution >= 4 is 11.3 Å². The van der Waals surface area contributed by atoms with Crippen LogP contribution in [0.25, 0.3) is 5.57 Å². The summed E-state index contributed by atoms with van der Waals surface area (Å²) in [5.41, 5.74) is 5.90. The number of rotatable bonds is 3. The summed E-state index contributed by atoms with van der Waals surface area (Å²) in [5, 5.41) is 3.94. The van der Waals surface area contributed by atoms with Gasteiger partial charge in [-0.1, -0.05) is 60.5 Å². The second kappa shape index (κ2) is 5.31. The predicted molar refractivity (Wildman–Crippen MR) is 93.8 cm³/mol. The van der Waals surface area contributed by atoms with E-state index in [-0.39, 0.29) is 5.54 Å². The van der Waals surface area contributed by atoms with Gasteiger partial charge in [-0.05, 0) is 55.4 Å². The molecule has 1 N–H and O–H groups in total. The van der Waals surface area contributed by atoms with Crippen molar-refractivity contribution in [3.63, 3.8) is 0 Å². The van der Waals surface area contributed by atoms with Crippen LogP contribution in [0.2, 0.25) is 0 Å². The van der Waals surface area contributed by atoms with Crippen LogP contribution < -0.4 is 5.32 Å². The van der Waals surface area contributed by atoms with E-state index in [1.54, 1.807) is 11.1 Å². The van der Waals surface area contributed by atoms with Crippen molar-refractivity contribution in [3.05, 3.63) is 71.8 Å². The highest BCUT2D eigenvalue weighted by Crippen LogP contribution is 2.55. The van der Waals surface area contributed by atoms with E-state index < -0.39 is 0 Å². The number of hydrogen-bond acceptors (Lipinski definition) is 1. The van der Waals surface area contributed by atoms with E-state index in [0.717, 1.165) is 5.92 Å². The lowest BCUT2D eigenvalue weighted by Gasteiger charge is -2.36. The van der Waals surface area contributed by atoms with Crippen LogP contribution in [-0.2, 0) is 0 Å². The zero-order valence-electron chi connectivity index (χ0n) is 13.2. The van der Waals surface area contributed by atoms with Gasteiger partial charge in [-0.2, -0.15) is 0 Å². The molecule has 0 aliphatic heterocycles. The van der Waals surface area contributed by atoms with Crippen molar-refractivity contribution in [1.29, 1.82) is 0 Å². The first-order valence-electron chi connectivity index (χ1n) is 8.38. The maximum atomic E-state index is 3.94. The molecule has 2 atom stereocenters. The highest BCUT2D eigenvalue weighted by molar-refractivity contribution is 5.82. The summed E-state index contributed by atoms with van der Waals surface area (Å²) < 4.78 is 0. The minimum atomic E-state index is 0.132. The Bertz CT molecular complexity index is 686. The summed E-state index contributed by atoms with van der Waals surface area (Å²) >= 11 is 0. The summed E-state index contributed by atoms with van der Waals surface area (Å²) in [5.74, 6) is 0.739. The number of hydrogen-bond donors (Lipinski definition) is 1. The van der Waals surface area contributed by atoms with Crippen LogP contribution in [-0.4, -0.2) is 5.54 Å². The number of nitrogens with one attached hydrogen (secondary N) is 1. The molecule has 1 saturated carbocycles. The number of benzene rings is 2. The molecule has 112 valence electrons. The van der Waals surface area contributed by atoms with Crippen molar-refractivity contribution in [2.24, 2.45) is 5.92 Å². The molecule has 0 saturated heterocycles.